The summed E-state index contributed by atoms with van der Waals surface area (Å²) in [6.45, 7) is 3.53. The molecule has 1 rings (SSSR count). The molecule has 0 aromatic heterocycles. The van der Waals surface area contributed by atoms with E-state index in [1.165, 1.54) is 0 Å². The summed E-state index contributed by atoms with van der Waals surface area (Å²) in [6.07, 6.45) is -1.35. The van der Waals surface area contributed by atoms with Crippen LogP contribution in [-0.4, -0.2) is 28.1 Å². The zero-order valence-corrected chi connectivity index (χ0v) is 11.6. The molecule has 0 aliphatic carbocycles. The van der Waals surface area contributed by atoms with Gasteiger partial charge in [-0.15, -0.1) is 0 Å². The van der Waals surface area contributed by atoms with Crippen molar-refractivity contribution in [1.29, 1.82) is 0 Å². The van der Waals surface area contributed by atoms with E-state index in [2.05, 4.69) is 27.8 Å². The highest BCUT2D eigenvalue weighted by Gasteiger charge is 2.24. The first-order chi connectivity index (χ1) is 8.91. The Morgan fingerprint density at radius 1 is 1.32 bits per heavy atom. The molecule has 0 saturated carbocycles. The van der Waals surface area contributed by atoms with Crippen LogP contribution < -0.4 is 5.32 Å². The first kappa shape index (κ1) is 15.4. The third kappa shape index (κ3) is 4.84. The third-order valence-electron chi connectivity index (χ3n) is 2.40. The number of benzene rings is 1. The molecule has 0 fully saturated rings. The highest BCUT2D eigenvalue weighted by atomic mass is 79.9. The first-order valence-electron chi connectivity index (χ1n) is 5.51. The number of rotatable bonds is 6. The number of halogens is 1. The fraction of sp³-hybridized carbons (Fsp3) is 0.231. The molecule has 19 heavy (non-hydrogen) atoms. The largest absolute Gasteiger partial charge is 0.480 e. The van der Waals surface area contributed by atoms with Crippen LogP contribution in [0.1, 0.15) is 18.1 Å². The molecule has 0 heterocycles. The molecular weight excluding hydrogens is 314 g/mol. The van der Waals surface area contributed by atoms with E-state index in [1.807, 2.05) is 0 Å². The third-order valence-corrected chi connectivity index (χ3v) is 2.73. The van der Waals surface area contributed by atoms with E-state index in [9.17, 15) is 14.7 Å². The minimum atomic E-state index is -1.40. The molecule has 2 atom stereocenters. The van der Waals surface area contributed by atoms with Gasteiger partial charge in [0.05, 0.1) is 0 Å². The van der Waals surface area contributed by atoms with Gasteiger partial charge in [-0.05, 0) is 10.0 Å². The number of nitrogens with one attached hydrogen (secondary N) is 1. The van der Waals surface area contributed by atoms with E-state index in [4.69, 9.17) is 5.11 Å². The molecule has 6 heteroatoms. The number of hydrogen-bond acceptors (Lipinski definition) is 3. The fourth-order valence-corrected chi connectivity index (χ4v) is 1.78. The van der Waals surface area contributed by atoms with Gasteiger partial charge in [0, 0.05) is 6.42 Å². The lowest BCUT2D eigenvalue weighted by atomic mass is 10.1. The fourth-order valence-electron chi connectivity index (χ4n) is 1.46. The average Bonchev–Trinajstić information content (AvgIpc) is 2.37. The van der Waals surface area contributed by atoms with Crippen molar-refractivity contribution in [3.63, 3.8) is 0 Å². The summed E-state index contributed by atoms with van der Waals surface area (Å²) in [6, 6.07) is 7.16. The zero-order chi connectivity index (χ0) is 14.4. The van der Waals surface area contributed by atoms with Gasteiger partial charge >= 0.3 is 5.97 Å². The number of hydrogen-bond donors (Lipinski definition) is 3. The zero-order valence-electron chi connectivity index (χ0n) is 10.0. The van der Waals surface area contributed by atoms with Crippen molar-refractivity contribution < 1.29 is 19.8 Å². The van der Waals surface area contributed by atoms with Gasteiger partial charge < -0.3 is 15.5 Å². The Bertz CT molecular complexity index is 475. The van der Waals surface area contributed by atoms with Gasteiger partial charge in [0.15, 0.2) is 6.10 Å². The van der Waals surface area contributed by atoms with Crippen molar-refractivity contribution in [2.45, 2.75) is 18.6 Å². The number of carbonyl (C=O) groups excluding carboxylic acids is 1. The topological polar surface area (TPSA) is 86.6 Å². The second-order valence-corrected chi connectivity index (χ2v) is 5.06. The molecule has 1 amide bonds. The summed E-state index contributed by atoms with van der Waals surface area (Å²) in [5, 5.41) is 21.0. The quantitative estimate of drug-likeness (QED) is 0.740. The van der Waals surface area contributed by atoms with Crippen LogP contribution in [0.2, 0.25) is 0 Å². The molecule has 0 unspecified atom stereocenters. The summed E-state index contributed by atoms with van der Waals surface area (Å²) in [7, 11) is 0. The maximum atomic E-state index is 11.8. The van der Waals surface area contributed by atoms with Gasteiger partial charge in [0.2, 0.25) is 0 Å². The van der Waals surface area contributed by atoms with E-state index in [-0.39, 0.29) is 6.42 Å². The molecule has 5 nitrogen and oxygen atoms in total. The Balaban J connectivity index is 2.72. The molecule has 0 aliphatic heterocycles. The van der Waals surface area contributed by atoms with Gasteiger partial charge in [-0.3, -0.25) is 4.79 Å². The van der Waals surface area contributed by atoms with Gasteiger partial charge in [0.1, 0.15) is 6.04 Å². The summed E-state index contributed by atoms with van der Waals surface area (Å²) < 4.78 is 0.453. The molecule has 0 saturated heterocycles. The van der Waals surface area contributed by atoms with Crippen molar-refractivity contribution >= 4 is 27.8 Å². The number of carboxylic acids is 1. The molecule has 0 radical (unpaired) electrons. The Labute approximate surface area is 119 Å². The normalized spacial score (nSPS) is 13.4. The maximum absolute atomic E-state index is 11.8. The predicted octanol–water partition coefficient (Wildman–Crippen LogP) is 1.59. The molecule has 102 valence electrons. The van der Waals surface area contributed by atoms with Gasteiger partial charge in [0.25, 0.3) is 5.91 Å². The number of aliphatic carboxylic acids is 1. The van der Waals surface area contributed by atoms with Crippen LogP contribution in [0.5, 0.6) is 0 Å². The van der Waals surface area contributed by atoms with Crippen molar-refractivity contribution in [3.05, 3.63) is 47.0 Å². The number of amides is 1. The minimum Gasteiger partial charge on any atom is -0.480 e. The van der Waals surface area contributed by atoms with Gasteiger partial charge in [-0.1, -0.05) is 52.8 Å². The smallest absolute Gasteiger partial charge is 0.326 e. The Morgan fingerprint density at radius 3 is 2.37 bits per heavy atom. The predicted molar refractivity (Wildman–Crippen MR) is 73.7 cm³/mol. The number of carbonyl (C=O) groups is 2. The number of aliphatic hydroxyl groups excluding tert-OH is 1. The van der Waals surface area contributed by atoms with Gasteiger partial charge in [-0.25, -0.2) is 4.79 Å². The lowest BCUT2D eigenvalue weighted by molar-refractivity contribution is -0.143. The van der Waals surface area contributed by atoms with E-state index in [0.29, 0.717) is 10.0 Å². The first-order valence-corrected chi connectivity index (χ1v) is 6.30. The van der Waals surface area contributed by atoms with Crippen LogP contribution in [-0.2, 0) is 9.59 Å². The van der Waals surface area contributed by atoms with E-state index < -0.39 is 24.0 Å². The van der Waals surface area contributed by atoms with Crippen LogP contribution in [0.3, 0.4) is 0 Å². The van der Waals surface area contributed by atoms with E-state index in [1.54, 1.807) is 30.3 Å². The van der Waals surface area contributed by atoms with Crippen molar-refractivity contribution in [2.75, 3.05) is 0 Å². The van der Waals surface area contributed by atoms with Crippen LogP contribution >= 0.6 is 15.9 Å². The van der Waals surface area contributed by atoms with Crippen molar-refractivity contribution in [3.8, 4) is 0 Å². The number of aliphatic hydroxyl groups is 1. The standard InChI is InChI=1S/C13H14BrNO4/c1-8(14)7-10(13(18)19)15-12(17)11(16)9-5-3-2-4-6-9/h2-6,10-11,16H,1,7H2,(H,15,17)(H,18,19)/t10-,11-/m0/s1. The monoisotopic (exact) mass is 327 g/mol. The summed E-state index contributed by atoms with van der Waals surface area (Å²) >= 11 is 3.04. The van der Waals surface area contributed by atoms with E-state index in [0.717, 1.165) is 0 Å². The summed E-state index contributed by atoms with van der Waals surface area (Å²) in [5.74, 6) is -1.94. The molecule has 1 aromatic rings. The lowest BCUT2D eigenvalue weighted by Crippen LogP contribution is -2.43. The molecule has 1 aromatic carbocycles. The SMILES string of the molecule is C=C(Br)C[C@H](NC(=O)[C@@H](O)c1ccccc1)C(=O)O. The molecule has 0 bridgehead atoms. The van der Waals surface area contributed by atoms with Crippen LogP contribution in [0, 0.1) is 0 Å². The minimum absolute atomic E-state index is 0.0442. The Kier molecular flexibility index (Phi) is 5.72. The van der Waals surface area contributed by atoms with Crippen LogP contribution in [0.25, 0.3) is 0 Å². The maximum Gasteiger partial charge on any atom is 0.326 e. The second-order valence-electron chi connectivity index (χ2n) is 3.93. The van der Waals surface area contributed by atoms with Crippen molar-refractivity contribution in [1.82, 2.24) is 5.32 Å². The second kappa shape index (κ2) is 7.06. The van der Waals surface area contributed by atoms with Crippen molar-refractivity contribution in [2.24, 2.45) is 0 Å². The number of carboxylic acid groups (broad SMARTS) is 1. The van der Waals surface area contributed by atoms with Crippen LogP contribution in [0.4, 0.5) is 0 Å². The molecule has 0 spiro atoms. The van der Waals surface area contributed by atoms with Crippen LogP contribution in [0.15, 0.2) is 41.4 Å². The average molecular weight is 328 g/mol. The highest BCUT2D eigenvalue weighted by Crippen LogP contribution is 2.14. The molecular formula is C13H14BrNO4. The van der Waals surface area contributed by atoms with Gasteiger partial charge in [-0.2, -0.15) is 0 Å². The summed E-state index contributed by atoms with van der Waals surface area (Å²) in [5.41, 5.74) is 0.404. The Hall–Kier alpha value is -1.66. The lowest BCUT2D eigenvalue weighted by Gasteiger charge is -2.17. The van der Waals surface area contributed by atoms with E-state index >= 15 is 0 Å². The molecule has 0 aliphatic rings. The Morgan fingerprint density at radius 2 is 1.89 bits per heavy atom. The summed E-state index contributed by atoms with van der Waals surface area (Å²) in [4.78, 5) is 22.7. The highest BCUT2D eigenvalue weighted by molar-refractivity contribution is 9.11. The molecule has 3 N–H and O–H groups in total.